The number of sulfone groups is 1. The molecule has 0 aromatic heterocycles. The van der Waals surface area contributed by atoms with Crippen LogP contribution in [0.4, 0.5) is 18.9 Å². The first-order chi connectivity index (χ1) is 9.22. The highest BCUT2D eigenvalue weighted by Crippen LogP contribution is 2.31. The molecule has 0 atom stereocenters. The molecule has 0 saturated heterocycles. The molecule has 1 aromatic carbocycles. The summed E-state index contributed by atoms with van der Waals surface area (Å²) in [5.41, 5.74) is -5.12. The number of nitrogens with zero attached hydrogens (tertiary/aromatic N) is 2. The van der Waals surface area contributed by atoms with Gasteiger partial charge in [-0.25, -0.2) is 13.4 Å². The predicted octanol–water partition coefficient (Wildman–Crippen LogP) is 2.40. The van der Waals surface area contributed by atoms with Crippen LogP contribution in [0.2, 0.25) is 0 Å². The SMILES string of the molecule is CSC(=Nc1ccc(S(=O)(=O)C(F)(F)F)cc1)NC#N. The van der Waals surface area contributed by atoms with Gasteiger partial charge < -0.3 is 0 Å². The van der Waals surface area contributed by atoms with Gasteiger partial charge in [0.05, 0.1) is 10.6 Å². The molecule has 1 rings (SSSR count). The van der Waals surface area contributed by atoms with E-state index in [1.807, 2.05) is 0 Å². The largest absolute Gasteiger partial charge is 0.501 e. The number of hydrogen-bond donors (Lipinski definition) is 1. The summed E-state index contributed by atoms with van der Waals surface area (Å²) >= 11 is 1.12. The van der Waals surface area contributed by atoms with Crippen LogP contribution in [-0.4, -0.2) is 25.3 Å². The van der Waals surface area contributed by atoms with Crippen LogP contribution in [0.1, 0.15) is 0 Å². The molecular weight excluding hydrogens is 315 g/mol. The highest BCUT2D eigenvalue weighted by molar-refractivity contribution is 8.13. The summed E-state index contributed by atoms with van der Waals surface area (Å²) in [5.74, 6) is 0. The maximum absolute atomic E-state index is 12.3. The van der Waals surface area contributed by atoms with Crippen molar-refractivity contribution in [3.8, 4) is 6.19 Å². The van der Waals surface area contributed by atoms with Gasteiger partial charge in [0, 0.05) is 0 Å². The van der Waals surface area contributed by atoms with Crippen molar-refractivity contribution in [3.63, 3.8) is 0 Å². The molecule has 0 amide bonds. The number of aliphatic imine (C=N–C) groups is 1. The minimum atomic E-state index is -5.36. The first-order valence-electron chi connectivity index (χ1n) is 4.91. The molecule has 0 saturated carbocycles. The third-order valence-corrected chi connectivity index (χ3v) is 4.12. The Morgan fingerprint density at radius 2 is 1.90 bits per heavy atom. The van der Waals surface area contributed by atoms with Gasteiger partial charge in [0.2, 0.25) is 0 Å². The van der Waals surface area contributed by atoms with E-state index in [1.165, 1.54) is 0 Å². The average molecular weight is 323 g/mol. The lowest BCUT2D eigenvalue weighted by atomic mass is 10.3. The maximum Gasteiger partial charge on any atom is 0.501 e. The number of rotatable bonds is 2. The van der Waals surface area contributed by atoms with Crippen LogP contribution < -0.4 is 5.32 Å². The Morgan fingerprint density at radius 1 is 1.35 bits per heavy atom. The molecule has 0 radical (unpaired) electrons. The number of benzene rings is 1. The van der Waals surface area contributed by atoms with E-state index in [0.29, 0.717) is 0 Å². The van der Waals surface area contributed by atoms with Crippen molar-refractivity contribution in [2.75, 3.05) is 6.26 Å². The van der Waals surface area contributed by atoms with Crippen molar-refractivity contribution in [3.05, 3.63) is 24.3 Å². The standard InChI is InChI=1S/C10H8F3N3O2S2/c1-19-9(15-6-14)16-7-2-4-8(5-3-7)20(17,18)10(11,12)13/h2-5H,1H3,(H,15,16). The predicted molar refractivity (Wildman–Crippen MR) is 69.0 cm³/mol. The average Bonchev–Trinajstić information content (AvgIpc) is 2.37. The fraction of sp³-hybridized carbons (Fsp3) is 0.200. The van der Waals surface area contributed by atoms with E-state index < -0.39 is 20.2 Å². The van der Waals surface area contributed by atoms with Gasteiger partial charge in [-0.05, 0) is 30.5 Å². The molecule has 1 aromatic rings. The number of nitriles is 1. The molecule has 5 nitrogen and oxygen atoms in total. The fourth-order valence-electron chi connectivity index (χ4n) is 1.12. The second kappa shape index (κ2) is 6.15. The van der Waals surface area contributed by atoms with Gasteiger partial charge in [-0.3, -0.25) is 5.32 Å². The Kier molecular flexibility index (Phi) is 5.02. The maximum atomic E-state index is 12.3. The van der Waals surface area contributed by atoms with E-state index >= 15 is 0 Å². The van der Waals surface area contributed by atoms with Crippen molar-refractivity contribution in [2.24, 2.45) is 4.99 Å². The zero-order valence-electron chi connectivity index (χ0n) is 9.97. The molecule has 0 aliphatic heterocycles. The molecule has 0 heterocycles. The lowest BCUT2D eigenvalue weighted by Crippen LogP contribution is -2.23. The van der Waals surface area contributed by atoms with Gasteiger partial charge in [-0.1, -0.05) is 11.8 Å². The second-order valence-electron chi connectivity index (χ2n) is 3.30. The van der Waals surface area contributed by atoms with E-state index in [1.54, 1.807) is 12.4 Å². The van der Waals surface area contributed by atoms with Crippen LogP contribution >= 0.6 is 11.8 Å². The normalized spacial score (nSPS) is 12.8. The smallest absolute Gasteiger partial charge is 0.271 e. The minimum absolute atomic E-state index is 0.221. The third-order valence-electron chi connectivity index (χ3n) is 2.04. The highest BCUT2D eigenvalue weighted by Gasteiger charge is 2.46. The van der Waals surface area contributed by atoms with Crippen LogP contribution in [0.5, 0.6) is 0 Å². The summed E-state index contributed by atoms with van der Waals surface area (Å²) in [7, 11) is -5.36. The molecule has 0 fully saturated rings. The zero-order valence-corrected chi connectivity index (χ0v) is 11.6. The van der Waals surface area contributed by atoms with Crippen molar-refractivity contribution < 1.29 is 21.6 Å². The summed E-state index contributed by atoms with van der Waals surface area (Å²) < 4.78 is 59.2. The van der Waals surface area contributed by atoms with Crippen molar-refractivity contribution in [1.29, 1.82) is 5.26 Å². The molecule has 20 heavy (non-hydrogen) atoms. The molecule has 0 unspecified atom stereocenters. The molecule has 1 N–H and O–H groups in total. The van der Waals surface area contributed by atoms with Gasteiger partial charge in [-0.2, -0.15) is 18.4 Å². The van der Waals surface area contributed by atoms with Crippen LogP contribution in [0.25, 0.3) is 0 Å². The van der Waals surface area contributed by atoms with Crippen LogP contribution in [0, 0.1) is 11.5 Å². The van der Waals surface area contributed by atoms with Crippen molar-refractivity contribution in [1.82, 2.24) is 5.32 Å². The first-order valence-corrected chi connectivity index (χ1v) is 7.62. The molecule has 0 aliphatic rings. The Morgan fingerprint density at radius 3 is 2.30 bits per heavy atom. The van der Waals surface area contributed by atoms with Crippen LogP contribution in [-0.2, 0) is 9.84 Å². The van der Waals surface area contributed by atoms with E-state index in [0.717, 1.165) is 36.0 Å². The van der Waals surface area contributed by atoms with Gasteiger partial charge in [0.25, 0.3) is 9.84 Å². The summed E-state index contributed by atoms with van der Waals surface area (Å²) in [4.78, 5) is 3.06. The second-order valence-corrected chi connectivity index (χ2v) is 6.04. The number of alkyl halides is 3. The van der Waals surface area contributed by atoms with E-state index in [-0.39, 0.29) is 10.9 Å². The van der Waals surface area contributed by atoms with Crippen LogP contribution in [0.3, 0.4) is 0 Å². The van der Waals surface area contributed by atoms with E-state index in [4.69, 9.17) is 5.26 Å². The molecule has 0 bridgehead atoms. The Bertz CT molecular complexity index is 646. The topological polar surface area (TPSA) is 82.3 Å². The third kappa shape index (κ3) is 3.64. The molecule has 0 spiro atoms. The number of thioether (sulfide) groups is 1. The summed E-state index contributed by atoms with van der Waals surface area (Å²) in [6, 6.07) is 3.86. The Balaban J connectivity index is 3.11. The highest BCUT2D eigenvalue weighted by atomic mass is 32.2. The van der Waals surface area contributed by atoms with Crippen LogP contribution in [0.15, 0.2) is 34.2 Å². The zero-order chi connectivity index (χ0) is 15.4. The van der Waals surface area contributed by atoms with Gasteiger partial charge in [-0.15, -0.1) is 0 Å². The fourth-order valence-corrected chi connectivity index (χ4v) is 2.23. The Hall–Kier alpha value is -1.73. The number of nitrogens with one attached hydrogen (secondary N) is 1. The quantitative estimate of drug-likeness (QED) is 0.391. The number of hydrogen-bond acceptors (Lipinski definition) is 5. The Labute approximate surface area is 117 Å². The lowest BCUT2D eigenvalue weighted by molar-refractivity contribution is -0.0436. The van der Waals surface area contributed by atoms with E-state index in [9.17, 15) is 21.6 Å². The van der Waals surface area contributed by atoms with E-state index in [2.05, 4.69) is 10.3 Å². The number of amidine groups is 1. The van der Waals surface area contributed by atoms with Crippen molar-refractivity contribution >= 4 is 32.5 Å². The number of halogens is 3. The first kappa shape index (κ1) is 16.3. The monoisotopic (exact) mass is 323 g/mol. The van der Waals surface area contributed by atoms with Crippen molar-refractivity contribution in [2.45, 2.75) is 10.4 Å². The summed E-state index contributed by atoms with van der Waals surface area (Å²) in [6.45, 7) is 0. The molecule has 10 heteroatoms. The molecular formula is C10H8F3N3O2S2. The summed E-state index contributed by atoms with van der Waals surface area (Å²) in [6.07, 6.45) is 3.29. The summed E-state index contributed by atoms with van der Waals surface area (Å²) in [5, 5.41) is 10.9. The van der Waals surface area contributed by atoms with Gasteiger partial charge in [0.1, 0.15) is 0 Å². The van der Waals surface area contributed by atoms with Gasteiger partial charge >= 0.3 is 5.51 Å². The molecule has 0 aliphatic carbocycles. The minimum Gasteiger partial charge on any atom is -0.271 e. The van der Waals surface area contributed by atoms with Gasteiger partial charge in [0.15, 0.2) is 11.4 Å². The molecule has 108 valence electrons. The lowest BCUT2D eigenvalue weighted by Gasteiger charge is -2.08.